The second kappa shape index (κ2) is 7.61. The summed E-state index contributed by atoms with van der Waals surface area (Å²) in [4.78, 5) is 2.52. The Morgan fingerprint density at radius 3 is 2.95 bits per heavy atom. The quantitative estimate of drug-likeness (QED) is 0.645. The van der Waals surface area contributed by atoms with E-state index in [0.717, 1.165) is 26.1 Å². The van der Waals surface area contributed by atoms with Gasteiger partial charge in [-0.2, -0.15) is 0 Å². The fraction of sp³-hybridized carbons (Fsp3) is 0.333. The molecule has 0 aliphatic carbocycles. The minimum absolute atomic E-state index is 1.07. The Morgan fingerprint density at radius 1 is 1.40 bits per heavy atom. The molecule has 0 saturated carbocycles. The van der Waals surface area contributed by atoms with Crippen molar-refractivity contribution in [1.29, 1.82) is 0 Å². The molecule has 0 bridgehead atoms. The summed E-state index contributed by atoms with van der Waals surface area (Å²) in [5.74, 6) is 0. The van der Waals surface area contributed by atoms with Gasteiger partial charge in [0.25, 0.3) is 0 Å². The number of nitrogens with zero attached hydrogens (tertiary/aromatic N) is 1. The topological polar surface area (TPSA) is 3.24 Å². The molecule has 0 fully saturated rings. The van der Waals surface area contributed by atoms with Gasteiger partial charge in [-0.15, -0.1) is 0 Å². The maximum absolute atomic E-state index is 3.78. The standard InChI is InChI=1S/C18H22BrN/c1-3-7-15(8-4-2)9-6-12-20-13-16-10-5-11-18(19)17(16)14-20/h3-5,7-8,10-11H,1,6,9,12-14H2,2H3/b8-4-,15-7+. The van der Waals surface area contributed by atoms with Gasteiger partial charge in [-0.1, -0.05) is 58.9 Å². The molecule has 0 unspecified atom stereocenters. The van der Waals surface area contributed by atoms with Crippen LogP contribution in [0.5, 0.6) is 0 Å². The van der Waals surface area contributed by atoms with Crippen LogP contribution in [-0.4, -0.2) is 11.4 Å². The molecule has 0 amide bonds. The van der Waals surface area contributed by atoms with Gasteiger partial charge in [-0.05, 0) is 49.1 Å². The highest BCUT2D eigenvalue weighted by Crippen LogP contribution is 2.29. The molecule has 0 radical (unpaired) electrons. The molecule has 1 aliphatic rings. The summed E-state index contributed by atoms with van der Waals surface area (Å²) in [5.41, 5.74) is 4.29. The first-order chi connectivity index (χ1) is 9.74. The first-order valence-corrected chi connectivity index (χ1v) is 7.96. The largest absolute Gasteiger partial charge is 0.295 e. The fourth-order valence-corrected chi connectivity index (χ4v) is 3.23. The molecular weight excluding hydrogens is 310 g/mol. The molecule has 1 aromatic carbocycles. The predicted molar refractivity (Wildman–Crippen MR) is 90.6 cm³/mol. The molecule has 106 valence electrons. The predicted octanol–water partition coefficient (Wildman–Crippen LogP) is 5.23. The Morgan fingerprint density at radius 2 is 2.25 bits per heavy atom. The second-order valence-corrected chi connectivity index (χ2v) is 6.02. The molecule has 1 heterocycles. The number of allylic oxidation sites excluding steroid dienone is 5. The molecule has 2 rings (SSSR count). The number of hydrogen-bond acceptors (Lipinski definition) is 1. The maximum Gasteiger partial charge on any atom is 0.0251 e. The van der Waals surface area contributed by atoms with Crippen molar-refractivity contribution in [3.63, 3.8) is 0 Å². The van der Waals surface area contributed by atoms with Gasteiger partial charge in [0.1, 0.15) is 0 Å². The second-order valence-electron chi connectivity index (χ2n) is 5.17. The van der Waals surface area contributed by atoms with Gasteiger partial charge in [0, 0.05) is 17.6 Å². The highest BCUT2D eigenvalue weighted by molar-refractivity contribution is 9.10. The highest BCUT2D eigenvalue weighted by Gasteiger charge is 2.19. The average molecular weight is 332 g/mol. The van der Waals surface area contributed by atoms with Crippen molar-refractivity contribution in [1.82, 2.24) is 4.90 Å². The van der Waals surface area contributed by atoms with E-state index in [1.165, 1.54) is 27.6 Å². The Kier molecular flexibility index (Phi) is 5.81. The lowest BCUT2D eigenvalue weighted by atomic mass is 10.1. The molecule has 0 atom stereocenters. The van der Waals surface area contributed by atoms with E-state index in [2.05, 4.69) is 70.8 Å². The van der Waals surface area contributed by atoms with E-state index in [9.17, 15) is 0 Å². The van der Waals surface area contributed by atoms with Crippen LogP contribution in [0.4, 0.5) is 0 Å². The van der Waals surface area contributed by atoms with Crippen LogP contribution in [0.1, 0.15) is 30.9 Å². The SMILES string of the molecule is C=C/C=C(\C=C/C)CCCN1Cc2cccc(Br)c2C1. The molecule has 20 heavy (non-hydrogen) atoms. The van der Waals surface area contributed by atoms with Crippen LogP contribution in [0, 0.1) is 0 Å². The lowest BCUT2D eigenvalue weighted by Gasteiger charge is -2.14. The molecule has 0 spiro atoms. The zero-order chi connectivity index (χ0) is 14.4. The van der Waals surface area contributed by atoms with Gasteiger partial charge in [-0.3, -0.25) is 4.90 Å². The first-order valence-electron chi connectivity index (χ1n) is 7.17. The first kappa shape index (κ1) is 15.3. The van der Waals surface area contributed by atoms with Gasteiger partial charge >= 0.3 is 0 Å². The monoisotopic (exact) mass is 331 g/mol. The van der Waals surface area contributed by atoms with Crippen LogP contribution in [0.15, 0.2) is 59.1 Å². The number of rotatable bonds is 6. The minimum atomic E-state index is 1.07. The Balaban J connectivity index is 1.84. The van der Waals surface area contributed by atoms with Gasteiger partial charge < -0.3 is 0 Å². The molecular formula is C18H22BrN. The normalized spacial score (nSPS) is 15.8. The summed E-state index contributed by atoms with van der Waals surface area (Å²) in [7, 11) is 0. The average Bonchev–Trinajstić information content (AvgIpc) is 2.84. The summed E-state index contributed by atoms with van der Waals surface area (Å²) in [6.07, 6.45) is 10.6. The highest BCUT2D eigenvalue weighted by atomic mass is 79.9. The molecule has 1 aromatic rings. The third kappa shape index (κ3) is 3.94. The van der Waals surface area contributed by atoms with Gasteiger partial charge in [0.2, 0.25) is 0 Å². The lowest BCUT2D eigenvalue weighted by molar-refractivity contribution is 0.280. The van der Waals surface area contributed by atoms with Crippen LogP contribution in [0.2, 0.25) is 0 Å². The number of halogens is 1. The van der Waals surface area contributed by atoms with Crippen molar-refractivity contribution in [3.8, 4) is 0 Å². The molecule has 0 saturated heterocycles. The van der Waals surface area contributed by atoms with Crippen molar-refractivity contribution in [2.75, 3.05) is 6.54 Å². The number of fused-ring (bicyclic) bond motifs is 1. The summed E-state index contributed by atoms with van der Waals surface area (Å²) in [6.45, 7) is 9.14. The van der Waals surface area contributed by atoms with E-state index in [-0.39, 0.29) is 0 Å². The van der Waals surface area contributed by atoms with Crippen molar-refractivity contribution < 1.29 is 0 Å². The number of hydrogen-bond donors (Lipinski definition) is 0. The smallest absolute Gasteiger partial charge is 0.0251 e. The molecule has 2 heteroatoms. The molecule has 1 aliphatic heterocycles. The molecule has 1 nitrogen and oxygen atoms in total. The zero-order valence-electron chi connectivity index (χ0n) is 12.1. The maximum atomic E-state index is 3.78. The van der Waals surface area contributed by atoms with E-state index < -0.39 is 0 Å². The van der Waals surface area contributed by atoms with E-state index in [1.807, 2.05) is 6.08 Å². The van der Waals surface area contributed by atoms with Gasteiger partial charge in [-0.25, -0.2) is 0 Å². The van der Waals surface area contributed by atoms with Crippen molar-refractivity contribution in [3.05, 3.63) is 70.3 Å². The van der Waals surface area contributed by atoms with E-state index in [4.69, 9.17) is 0 Å². The van der Waals surface area contributed by atoms with Gasteiger partial charge in [0.05, 0.1) is 0 Å². The summed E-state index contributed by atoms with van der Waals surface area (Å²) in [5, 5.41) is 0. The van der Waals surface area contributed by atoms with Crippen LogP contribution in [0.25, 0.3) is 0 Å². The Labute approximate surface area is 130 Å². The Hall–Kier alpha value is -1.12. The third-order valence-corrected chi connectivity index (χ3v) is 4.39. The van der Waals surface area contributed by atoms with Crippen molar-refractivity contribution in [2.45, 2.75) is 32.9 Å². The Bertz CT molecular complexity index is 528. The number of benzene rings is 1. The van der Waals surface area contributed by atoms with Crippen LogP contribution in [0.3, 0.4) is 0 Å². The van der Waals surface area contributed by atoms with Crippen LogP contribution >= 0.6 is 15.9 Å². The zero-order valence-corrected chi connectivity index (χ0v) is 13.7. The van der Waals surface area contributed by atoms with Crippen molar-refractivity contribution >= 4 is 15.9 Å². The third-order valence-electron chi connectivity index (χ3n) is 3.64. The van der Waals surface area contributed by atoms with Crippen LogP contribution < -0.4 is 0 Å². The van der Waals surface area contributed by atoms with Gasteiger partial charge in [0.15, 0.2) is 0 Å². The summed E-state index contributed by atoms with van der Waals surface area (Å²) >= 11 is 3.65. The van der Waals surface area contributed by atoms with Crippen molar-refractivity contribution in [2.24, 2.45) is 0 Å². The van der Waals surface area contributed by atoms with E-state index >= 15 is 0 Å². The van der Waals surface area contributed by atoms with E-state index in [0.29, 0.717) is 0 Å². The van der Waals surface area contributed by atoms with E-state index in [1.54, 1.807) is 0 Å². The molecule has 0 aromatic heterocycles. The van der Waals surface area contributed by atoms with Crippen LogP contribution in [-0.2, 0) is 13.1 Å². The minimum Gasteiger partial charge on any atom is -0.295 e. The summed E-state index contributed by atoms with van der Waals surface area (Å²) in [6, 6.07) is 6.51. The molecule has 0 N–H and O–H groups in total. The lowest BCUT2D eigenvalue weighted by Crippen LogP contribution is -2.17. The fourth-order valence-electron chi connectivity index (χ4n) is 2.70. The summed E-state index contributed by atoms with van der Waals surface area (Å²) < 4.78 is 1.25.